The van der Waals surface area contributed by atoms with E-state index >= 15 is 0 Å². The largest absolute Gasteiger partial charge is 0.341 e. The van der Waals surface area contributed by atoms with Crippen LogP contribution in [0.2, 0.25) is 15.1 Å². The van der Waals surface area contributed by atoms with Crippen molar-refractivity contribution in [1.29, 1.82) is 0 Å². The van der Waals surface area contributed by atoms with E-state index in [-0.39, 0.29) is 33.2 Å². The van der Waals surface area contributed by atoms with Crippen LogP contribution in [0.3, 0.4) is 0 Å². The standard InChI is InChI=1S/C15H19Cl3N2O3S/c1-10-3-5-19(6-4-10)15(21)9-20(24(2,22)23)14-8-12(17)11(16)7-13(14)18/h7-8,10H,3-6,9H2,1-2H3. The van der Waals surface area contributed by atoms with Crippen LogP contribution in [0.4, 0.5) is 5.69 Å². The molecular weight excluding hydrogens is 395 g/mol. The van der Waals surface area contributed by atoms with Crippen molar-refractivity contribution in [3.63, 3.8) is 0 Å². The van der Waals surface area contributed by atoms with E-state index < -0.39 is 10.0 Å². The summed E-state index contributed by atoms with van der Waals surface area (Å²) in [6, 6.07) is 2.73. The van der Waals surface area contributed by atoms with Gasteiger partial charge in [0, 0.05) is 13.1 Å². The second-order valence-corrected chi connectivity index (χ2v) is 9.18. The smallest absolute Gasteiger partial charge is 0.243 e. The predicted molar refractivity (Wildman–Crippen MR) is 98.6 cm³/mol. The van der Waals surface area contributed by atoms with Crippen molar-refractivity contribution in [1.82, 2.24) is 4.90 Å². The highest BCUT2D eigenvalue weighted by Crippen LogP contribution is 2.35. The molecule has 0 aromatic heterocycles. The van der Waals surface area contributed by atoms with Gasteiger partial charge in [0.15, 0.2) is 0 Å². The summed E-state index contributed by atoms with van der Waals surface area (Å²) in [5, 5.41) is 0.508. The van der Waals surface area contributed by atoms with Crippen molar-refractivity contribution in [2.75, 3.05) is 30.2 Å². The van der Waals surface area contributed by atoms with Crippen molar-refractivity contribution < 1.29 is 13.2 Å². The number of benzene rings is 1. The fraction of sp³-hybridized carbons (Fsp3) is 0.533. The van der Waals surface area contributed by atoms with Crippen LogP contribution in [0, 0.1) is 5.92 Å². The molecule has 0 saturated carbocycles. The molecule has 0 N–H and O–H groups in total. The summed E-state index contributed by atoms with van der Waals surface area (Å²) in [5.41, 5.74) is 0.146. The third-order valence-corrected chi connectivity index (χ3v) is 6.23. The molecule has 1 amide bonds. The van der Waals surface area contributed by atoms with Crippen LogP contribution in [0.25, 0.3) is 0 Å². The average molecular weight is 414 g/mol. The summed E-state index contributed by atoms with van der Waals surface area (Å²) in [4.78, 5) is 14.2. The maximum absolute atomic E-state index is 12.5. The molecule has 1 aliphatic rings. The summed E-state index contributed by atoms with van der Waals surface area (Å²) in [7, 11) is -3.71. The van der Waals surface area contributed by atoms with Crippen LogP contribution in [-0.4, -0.2) is 45.1 Å². The van der Waals surface area contributed by atoms with E-state index in [1.807, 2.05) is 0 Å². The molecule has 0 bridgehead atoms. The van der Waals surface area contributed by atoms with Crippen LogP contribution in [0.1, 0.15) is 19.8 Å². The number of hydrogen-bond acceptors (Lipinski definition) is 3. The number of hydrogen-bond donors (Lipinski definition) is 0. The Balaban J connectivity index is 2.27. The molecule has 5 nitrogen and oxygen atoms in total. The molecule has 9 heteroatoms. The molecule has 24 heavy (non-hydrogen) atoms. The van der Waals surface area contributed by atoms with E-state index in [0.717, 1.165) is 23.4 Å². The lowest BCUT2D eigenvalue weighted by atomic mass is 9.99. The Kier molecular flexibility index (Phi) is 6.29. The summed E-state index contributed by atoms with van der Waals surface area (Å²) >= 11 is 18.0. The lowest BCUT2D eigenvalue weighted by Crippen LogP contribution is -2.45. The molecule has 0 spiro atoms. The first-order chi connectivity index (χ1) is 11.1. The minimum atomic E-state index is -3.71. The number of sulfonamides is 1. The molecule has 0 radical (unpaired) electrons. The normalized spacial score (nSPS) is 16.3. The Morgan fingerprint density at radius 2 is 1.71 bits per heavy atom. The highest BCUT2D eigenvalue weighted by atomic mass is 35.5. The number of amides is 1. The Bertz CT molecular complexity index is 732. The highest BCUT2D eigenvalue weighted by molar-refractivity contribution is 7.92. The molecule has 0 atom stereocenters. The average Bonchev–Trinajstić information content (AvgIpc) is 2.48. The number of likely N-dealkylation sites (tertiary alicyclic amines) is 1. The highest BCUT2D eigenvalue weighted by Gasteiger charge is 2.28. The van der Waals surface area contributed by atoms with E-state index in [4.69, 9.17) is 34.8 Å². The van der Waals surface area contributed by atoms with Gasteiger partial charge in [-0.1, -0.05) is 41.7 Å². The zero-order valence-corrected chi connectivity index (χ0v) is 16.5. The first-order valence-electron chi connectivity index (χ1n) is 7.49. The number of anilines is 1. The number of carbonyl (C=O) groups is 1. The van der Waals surface area contributed by atoms with Crippen LogP contribution < -0.4 is 4.31 Å². The topological polar surface area (TPSA) is 57.7 Å². The lowest BCUT2D eigenvalue weighted by Gasteiger charge is -2.32. The lowest BCUT2D eigenvalue weighted by molar-refractivity contribution is -0.130. The van der Waals surface area contributed by atoms with Crippen molar-refractivity contribution in [2.24, 2.45) is 5.92 Å². The quantitative estimate of drug-likeness (QED) is 0.708. The van der Waals surface area contributed by atoms with Gasteiger partial charge < -0.3 is 4.90 Å². The van der Waals surface area contributed by atoms with E-state index in [0.29, 0.717) is 19.0 Å². The SMILES string of the molecule is CC1CCN(C(=O)CN(c2cc(Cl)c(Cl)cc2Cl)S(C)(=O)=O)CC1. The first kappa shape index (κ1) is 19.6. The van der Waals surface area contributed by atoms with Crippen LogP contribution in [0.5, 0.6) is 0 Å². The van der Waals surface area contributed by atoms with E-state index in [9.17, 15) is 13.2 Å². The molecule has 0 unspecified atom stereocenters. The van der Waals surface area contributed by atoms with Gasteiger partial charge in [0.05, 0.1) is 27.0 Å². The van der Waals surface area contributed by atoms with Gasteiger partial charge in [-0.05, 0) is 30.9 Å². The number of carbonyl (C=O) groups excluding carboxylic acids is 1. The Labute approximate surface area is 157 Å². The van der Waals surface area contributed by atoms with E-state index in [1.54, 1.807) is 4.90 Å². The molecule has 1 aromatic carbocycles. The molecular formula is C15H19Cl3N2O3S. The van der Waals surface area contributed by atoms with Gasteiger partial charge in [0.1, 0.15) is 6.54 Å². The van der Waals surface area contributed by atoms with Crippen molar-refractivity contribution in [3.05, 3.63) is 27.2 Å². The van der Waals surface area contributed by atoms with Gasteiger partial charge in [-0.25, -0.2) is 8.42 Å². The number of piperidine rings is 1. The zero-order valence-electron chi connectivity index (χ0n) is 13.4. The molecule has 1 aliphatic heterocycles. The fourth-order valence-electron chi connectivity index (χ4n) is 2.57. The van der Waals surface area contributed by atoms with E-state index in [2.05, 4.69) is 6.92 Å². The molecule has 2 rings (SSSR count). The van der Waals surface area contributed by atoms with Gasteiger partial charge in [-0.2, -0.15) is 0 Å². The second kappa shape index (κ2) is 7.68. The van der Waals surface area contributed by atoms with Crippen LogP contribution >= 0.6 is 34.8 Å². The number of nitrogens with zero attached hydrogens (tertiary/aromatic N) is 2. The third-order valence-electron chi connectivity index (χ3n) is 4.07. The van der Waals surface area contributed by atoms with Crippen LogP contribution in [-0.2, 0) is 14.8 Å². The number of halogens is 3. The van der Waals surface area contributed by atoms with Crippen LogP contribution in [0.15, 0.2) is 12.1 Å². The monoisotopic (exact) mass is 412 g/mol. The summed E-state index contributed by atoms with van der Waals surface area (Å²) in [5.74, 6) is 0.319. The third kappa shape index (κ3) is 4.69. The molecule has 1 aromatic rings. The minimum absolute atomic E-state index is 0.120. The molecule has 0 aliphatic carbocycles. The summed E-state index contributed by atoms with van der Waals surface area (Å²) in [6.45, 7) is 3.09. The van der Waals surface area contributed by atoms with Gasteiger partial charge >= 0.3 is 0 Å². The van der Waals surface area contributed by atoms with E-state index in [1.165, 1.54) is 12.1 Å². The van der Waals surface area contributed by atoms with Gasteiger partial charge in [-0.3, -0.25) is 9.10 Å². The minimum Gasteiger partial charge on any atom is -0.341 e. The van der Waals surface area contributed by atoms with Crippen molar-refractivity contribution in [3.8, 4) is 0 Å². The molecule has 1 saturated heterocycles. The van der Waals surface area contributed by atoms with Gasteiger partial charge in [0.2, 0.25) is 15.9 Å². The summed E-state index contributed by atoms with van der Waals surface area (Å²) in [6.07, 6.45) is 2.85. The Hall–Kier alpha value is -0.690. The maximum atomic E-state index is 12.5. The second-order valence-electron chi connectivity index (χ2n) is 6.05. The Morgan fingerprint density at radius 3 is 2.25 bits per heavy atom. The predicted octanol–water partition coefficient (Wildman–Crippen LogP) is 3.67. The first-order valence-corrected chi connectivity index (χ1v) is 10.5. The zero-order chi connectivity index (χ0) is 18.1. The molecule has 1 fully saturated rings. The summed E-state index contributed by atoms with van der Waals surface area (Å²) < 4.78 is 25.3. The van der Waals surface area contributed by atoms with Gasteiger partial charge in [0.25, 0.3) is 0 Å². The number of rotatable bonds is 4. The molecule has 134 valence electrons. The molecule has 1 heterocycles. The maximum Gasteiger partial charge on any atom is 0.243 e. The van der Waals surface area contributed by atoms with Crippen molar-refractivity contribution in [2.45, 2.75) is 19.8 Å². The fourth-order valence-corrected chi connectivity index (χ4v) is 4.11. The Morgan fingerprint density at radius 1 is 1.17 bits per heavy atom. The van der Waals surface area contributed by atoms with Crippen molar-refractivity contribution >= 4 is 56.4 Å². The van der Waals surface area contributed by atoms with Gasteiger partial charge in [-0.15, -0.1) is 0 Å².